The molecule has 0 aliphatic rings. The Morgan fingerprint density at radius 2 is 1.71 bits per heavy atom. The van der Waals surface area contributed by atoms with Gasteiger partial charge in [-0.25, -0.2) is 13.1 Å². The van der Waals surface area contributed by atoms with Crippen molar-refractivity contribution >= 4 is 10.0 Å². The summed E-state index contributed by atoms with van der Waals surface area (Å²) in [6, 6.07) is 0. The van der Waals surface area contributed by atoms with E-state index in [0.29, 0.717) is 0 Å². The Morgan fingerprint density at radius 3 is 1.71 bits per heavy atom. The van der Waals surface area contributed by atoms with Crippen LogP contribution in [0.15, 0.2) is 0 Å². The van der Waals surface area contributed by atoms with E-state index in [4.69, 9.17) is 0 Å². The third-order valence-corrected chi connectivity index (χ3v) is 1.11. The van der Waals surface area contributed by atoms with Crippen LogP contribution in [0.5, 0.6) is 0 Å². The molecule has 40 valence electrons. The molecule has 0 aromatic carbocycles. The Morgan fingerprint density at radius 1 is 1.57 bits per heavy atom. The topological polar surface area (TPSA) is 46.2 Å². The number of nitrogens with one attached hydrogen (secondary N) is 1. The summed E-state index contributed by atoms with van der Waals surface area (Å²) in [5.74, 6) is 0. The molecule has 0 aliphatic heterocycles. The second-order valence-electron chi connectivity index (χ2n) is 0.976. The molecule has 7 heavy (non-hydrogen) atoms. The molecule has 0 aromatic heterocycles. The van der Waals surface area contributed by atoms with Crippen molar-refractivity contribution in [2.24, 2.45) is 0 Å². The first-order valence-corrected chi connectivity index (χ1v) is 3.34. The smallest absolute Gasteiger partial charge is 1.00 e. The fourth-order valence-corrected chi connectivity index (χ4v) is 0. The van der Waals surface area contributed by atoms with Gasteiger partial charge in [-0.15, -0.1) is 0 Å². The van der Waals surface area contributed by atoms with Gasteiger partial charge in [0.2, 0.25) is 10.0 Å². The molecule has 0 spiro atoms. The van der Waals surface area contributed by atoms with Crippen LogP contribution in [0.2, 0.25) is 0 Å². The summed E-state index contributed by atoms with van der Waals surface area (Å²) in [5, 5.41) is 0. The zero-order chi connectivity index (χ0) is 5.21. The minimum atomic E-state index is -2.91. The molecule has 0 saturated carbocycles. The van der Waals surface area contributed by atoms with Crippen molar-refractivity contribution in [3.05, 3.63) is 0 Å². The summed E-state index contributed by atoms with van der Waals surface area (Å²) in [6.45, 7) is 0. The monoisotopic (exact) mass is 117 g/mol. The third kappa shape index (κ3) is 10.7. The molecule has 0 atom stereocenters. The van der Waals surface area contributed by atoms with E-state index in [-0.39, 0.29) is 20.3 Å². The van der Waals surface area contributed by atoms with Crippen molar-refractivity contribution in [3.63, 3.8) is 0 Å². The maximum absolute atomic E-state index is 9.89. The maximum Gasteiger partial charge on any atom is 1.00 e. The Kier molecular flexibility index (Phi) is 5.24. The number of sulfonamides is 1. The predicted octanol–water partition coefficient (Wildman–Crippen LogP) is -3.72. The minimum absolute atomic E-state index is 0. The molecule has 0 amide bonds. The average Bonchev–Trinajstić information content (AvgIpc) is 1.35. The van der Waals surface area contributed by atoms with Crippen LogP contribution < -0.4 is 23.6 Å². The Balaban J connectivity index is -0.000000125. The second-order valence-corrected chi connectivity index (χ2v) is 2.93. The standard InChI is InChI=1S/C2H7NO2S.Li.H/c1-3-6(2,4)5;;/h3H,1-2H3;;/q;+1;-1. The summed E-state index contributed by atoms with van der Waals surface area (Å²) < 4.78 is 21.9. The van der Waals surface area contributed by atoms with Crippen LogP contribution in [0, 0.1) is 0 Å². The molecule has 1 N–H and O–H groups in total. The quantitative estimate of drug-likeness (QED) is 0.359. The van der Waals surface area contributed by atoms with Gasteiger partial charge in [0.25, 0.3) is 0 Å². The first-order chi connectivity index (χ1) is 2.56. The van der Waals surface area contributed by atoms with Crippen molar-refractivity contribution < 1.29 is 28.7 Å². The third-order valence-electron chi connectivity index (χ3n) is 0.371. The molecular formula is C2H8LiNO2S. The second kappa shape index (κ2) is 3.50. The van der Waals surface area contributed by atoms with Crippen LogP contribution in [-0.2, 0) is 10.0 Å². The van der Waals surface area contributed by atoms with Crippen molar-refractivity contribution in [2.45, 2.75) is 0 Å². The summed E-state index contributed by atoms with van der Waals surface area (Å²) in [7, 11) is -1.54. The molecule has 0 saturated heterocycles. The van der Waals surface area contributed by atoms with E-state index in [1.807, 2.05) is 0 Å². The Bertz CT molecular complexity index is 122. The van der Waals surface area contributed by atoms with Gasteiger partial charge in [-0.05, 0) is 7.05 Å². The Labute approximate surface area is 57.2 Å². The molecule has 0 aliphatic carbocycles. The molecule has 0 bridgehead atoms. The van der Waals surface area contributed by atoms with Crippen molar-refractivity contribution in [1.82, 2.24) is 4.72 Å². The van der Waals surface area contributed by atoms with Gasteiger partial charge < -0.3 is 1.43 Å². The van der Waals surface area contributed by atoms with E-state index in [0.717, 1.165) is 6.26 Å². The van der Waals surface area contributed by atoms with E-state index >= 15 is 0 Å². The maximum atomic E-state index is 9.89. The van der Waals surface area contributed by atoms with E-state index in [2.05, 4.69) is 4.72 Å². The first kappa shape index (κ1) is 10.5. The van der Waals surface area contributed by atoms with E-state index < -0.39 is 10.0 Å². The summed E-state index contributed by atoms with van der Waals surface area (Å²) in [4.78, 5) is 0. The molecular weight excluding hydrogens is 109 g/mol. The molecule has 3 nitrogen and oxygen atoms in total. The first-order valence-electron chi connectivity index (χ1n) is 1.45. The van der Waals surface area contributed by atoms with Gasteiger partial charge in [-0.1, -0.05) is 0 Å². The number of hydrogen-bond donors (Lipinski definition) is 1. The van der Waals surface area contributed by atoms with Crippen LogP contribution in [0.25, 0.3) is 0 Å². The van der Waals surface area contributed by atoms with Crippen LogP contribution in [0.1, 0.15) is 1.43 Å². The largest absolute Gasteiger partial charge is 1.00 e. The fourth-order valence-electron chi connectivity index (χ4n) is 0. The van der Waals surface area contributed by atoms with E-state index in [1.54, 1.807) is 0 Å². The summed E-state index contributed by atoms with van der Waals surface area (Å²) >= 11 is 0. The summed E-state index contributed by atoms with van der Waals surface area (Å²) in [5.41, 5.74) is 0. The minimum Gasteiger partial charge on any atom is -1.00 e. The van der Waals surface area contributed by atoms with Gasteiger partial charge in [0.1, 0.15) is 0 Å². The molecule has 0 radical (unpaired) electrons. The van der Waals surface area contributed by atoms with Crippen LogP contribution >= 0.6 is 0 Å². The van der Waals surface area contributed by atoms with Gasteiger partial charge in [0.15, 0.2) is 0 Å². The van der Waals surface area contributed by atoms with Crippen LogP contribution in [0.4, 0.5) is 0 Å². The zero-order valence-electron chi connectivity index (χ0n) is 5.72. The predicted molar refractivity (Wildman–Crippen MR) is 25.0 cm³/mol. The van der Waals surface area contributed by atoms with Gasteiger partial charge in [0, 0.05) is 0 Å². The van der Waals surface area contributed by atoms with Gasteiger partial charge in [-0.3, -0.25) is 0 Å². The average molecular weight is 117 g/mol. The van der Waals surface area contributed by atoms with Gasteiger partial charge in [-0.2, -0.15) is 0 Å². The zero-order valence-corrected chi connectivity index (χ0v) is 5.54. The van der Waals surface area contributed by atoms with Crippen molar-refractivity contribution in [2.75, 3.05) is 13.3 Å². The van der Waals surface area contributed by atoms with Gasteiger partial charge >= 0.3 is 18.9 Å². The van der Waals surface area contributed by atoms with Crippen LogP contribution in [-0.4, -0.2) is 21.7 Å². The molecule has 0 rings (SSSR count). The number of rotatable bonds is 1. The molecule has 0 unspecified atom stereocenters. The summed E-state index contributed by atoms with van der Waals surface area (Å²) in [6.07, 6.45) is 1.10. The van der Waals surface area contributed by atoms with Crippen LogP contribution in [0.3, 0.4) is 0 Å². The van der Waals surface area contributed by atoms with E-state index in [1.165, 1.54) is 7.05 Å². The molecule has 5 heteroatoms. The SMILES string of the molecule is CNS(C)(=O)=O.[H-].[Li+]. The molecule has 0 aromatic rings. The number of hydrogen-bond acceptors (Lipinski definition) is 2. The Hall–Kier alpha value is 0.507. The fraction of sp³-hybridized carbons (Fsp3) is 1.00. The van der Waals surface area contributed by atoms with Crippen molar-refractivity contribution in [3.8, 4) is 0 Å². The van der Waals surface area contributed by atoms with Crippen molar-refractivity contribution in [1.29, 1.82) is 0 Å². The molecule has 0 heterocycles. The van der Waals surface area contributed by atoms with E-state index in [9.17, 15) is 8.42 Å². The van der Waals surface area contributed by atoms with Gasteiger partial charge in [0.05, 0.1) is 6.26 Å². The molecule has 0 fully saturated rings. The normalized spacial score (nSPS) is 10.0.